The first-order chi connectivity index (χ1) is 17.1. The number of aryl methyl sites for hydroxylation is 2. The van der Waals surface area contributed by atoms with E-state index in [1.165, 1.54) is 89.0 Å². The lowest BCUT2D eigenvalue weighted by molar-refractivity contribution is -0.697. The number of rotatable bonds is 7. The van der Waals surface area contributed by atoms with Crippen molar-refractivity contribution in [3.05, 3.63) is 48.5 Å². The molecule has 3 saturated carbocycles. The van der Waals surface area contributed by atoms with Gasteiger partial charge < -0.3 is 0 Å². The Morgan fingerprint density at radius 1 is 0.889 bits per heavy atom. The molecule has 2 bridgehead atoms. The molecule has 0 amide bonds. The van der Waals surface area contributed by atoms with E-state index in [-0.39, 0.29) is 10.3 Å². The normalized spacial score (nSPS) is 27.7. The fraction of sp³-hybridized carbons (Fsp3) is 0.700. The van der Waals surface area contributed by atoms with Crippen LogP contribution < -0.4 is 4.57 Å². The van der Waals surface area contributed by atoms with E-state index >= 15 is 0 Å². The molecule has 1 heterocycles. The van der Waals surface area contributed by atoms with Crippen LogP contribution in [-0.2, 0) is 23.7 Å². The molecule has 3 fully saturated rings. The van der Waals surface area contributed by atoms with Crippen LogP contribution in [0.2, 0.25) is 0 Å². The quantitative estimate of drug-likeness (QED) is 0.317. The van der Waals surface area contributed by atoms with Gasteiger partial charge >= 0.3 is 0 Å². The molecule has 2 aromatic rings. The van der Waals surface area contributed by atoms with Crippen molar-refractivity contribution in [3.63, 3.8) is 0 Å². The summed E-state index contributed by atoms with van der Waals surface area (Å²) in [5, 5.41) is 0. The van der Waals surface area contributed by atoms with Crippen LogP contribution in [0.1, 0.15) is 109 Å². The van der Waals surface area contributed by atoms with Crippen LogP contribution in [0, 0.1) is 16.7 Å². The van der Waals surface area contributed by atoms with Gasteiger partial charge in [0.05, 0.1) is 18.5 Å². The lowest BCUT2D eigenvalue weighted by Gasteiger charge is -2.47. The molecule has 5 rings (SSSR count). The van der Waals surface area contributed by atoms with Crippen LogP contribution in [0.3, 0.4) is 0 Å². The van der Waals surface area contributed by atoms with E-state index in [9.17, 15) is 13.0 Å². The maximum absolute atomic E-state index is 11.5. The van der Waals surface area contributed by atoms with Gasteiger partial charge in [-0.1, -0.05) is 64.5 Å². The molecule has 0 spiro atoms. The molecule has 2 unspecified atom stereocenters. The minimum atomic E-state index is -4.15. The molecule has 36 heavy (non-hydrogen) atoms. The highest BCUT2D eigenvalue weighted by Gasteiger charge is 2.42. The molecule has 0 saturated heterocycles. The van der Waals surface area contributed by atoms with Gasteiger partial charge in [-0.05, 0) is 85.3 Å². The molecule has 1 N–H and O–H groups in total. The van der Waals surface area contributed by atoms with E-state index in [1.807, 2.05) is 12.1 Å². The van der Waals surface area contributed by atoms with Crippen molar-refractivity contribution in [1.82, 2.24) is 4.57 Å². The van der Waals surface area contributed by atoms with Crippen molar-refractivity contribution in [2.45, 2.75) is 115 Å². The minimum absolute atomic E-state index is 0.0107. The van der Waals surface area contributed by atoms with Crippen LogP contribution >= 0.6 is 0 Å². The van der Waals surface area contributed by atoms with Crippen LogP contribution in [0.15, 0.2) is 47.9 Å². The lowest BCUT2D eigenvalue weighted by Crippen LogP contribution is -2.38. The summed E-state index contributed by atoms with van der Waals surface area (Å²) in [6.07, 6.45) is 23.5. The highest BCUT2D eigenvalue weighted by Crippen LogP contribution is 2.55. The summed E-state index contributed by atoms with van der Waals surface area (Å²) >= 11 is 0. The molecule has 1 aromatic heterocycles. The van der Waals surface area contributed by atoms with Gasteiger partial charge in [0.2, 0.25) is 6.33 Å². The zero-order valence-electron chi connectivity index (χ0n) is 22.7. The van der Waals surface area contributed by atoms with E-state index in [1.54, 1.807) is 12.1 Å². The summed E-state index contributed by atoms with van der Waals surface area (Å²) in [6.45, 7) is 5.98. The topological polar surface area (TPSA) is 63.2 Å². The smallest absolute Gasteiger partial charge is 0.282 e. The van der Waals surface area contributed by atoms with Crippen molar-refractivity contribution >= 4 is 10.1 Å². The van der Waals surface area contributed by atoms with Crippen LogP contribution in [0.25, 0.3) is 0 Å². The average molecular weight is 516 g/mol. The van der Waals surface area contributed by atoms with Gasteiger partial charge in [0.1, 0.15) is 12.4 Å². The number of aromatic nitrogens is 2. The maximum atomic E-state index is 11.5. The van der Waals surface area contributed by atoms with E-state index in [2.05, 4.69) is 48.8 Å². The average Bonchev–Trinajstić information content (AvgIpc) is 3.22. The minimum Gasteiger partial charge on any atom is -0.282 e. The number of nitrogens with zero attached hydrogens (tertiary/aromatic N) is 2. The second kappa shape index (κ2) is 11.4. The van der Waals surface area contributed by atoms with E-state index in [0.717, 1.165) is 12.5 Å². The first kappa shape index (κ1) is 27.4. The van der Waals surface area contributed by atoms with Crippen LogP contribution in [0.5, 0.6) is 0 Å². The van der Waals surface area contributed by atoms with Gasteiger partial charge in [0.25, 0.3) is 10.1 Å². The van der Waals surface area contributed by atoms with Gasteiger partial charge in [-0.25, -0.2) is 9.13 Å². The van der Waals surface area contributed by atoms with Gasteiger partial charge in [-0.15, -0.1) is 0 Å². The number of imidazole rings is 1. The van der Waals surface area contributed by atoms with Gasteiger partial charge in [-0.2, -0.15) is 8.42 Å². The van der Waals surface area contributed by atoms with Crippen molar-refractivity contribution in [2.24, 2.45) is 23.8 Å². The summed E-state index contributed by atoms with van der Waals surface area (Å²) in [7, 11) is -2.06. The molecule has 3 aliphatic rings. The Bertz CT molecular complexity index is 1080. The number of benzene rings is 1. The molecule has 0 radical (unpaired) electrons. The fourth-order valence-electron chi connectivity index (χ4n) is 7.60. The second-order valence-electron chi connectivity index (χ2n) is 12.1. The standard InChI is InChI=1S/C30H46N2O3S/c1-25(14-21-32-23-22-31(3)24-32)29-15-6-4-5-7-16-30(19-8-17-29,20-9-18-29)26(2)27-10-12-28(13-11-27)36(33,34)35/h10-13,22-26H,4-9,14-21H2,1-3H3/p+1. The first-order valence-corrected chi connectivity index (χ1v) is 15.7. The molecular formula is C30H47N2O3S+. The van der Waals surface area contributed by atoms with E-state index < -0.39 is 10.1 Å². The van der Waals surface area contributed by atoms with Gasteiger partial charge in [0, 0.05) is 0 Å². The fourth-order valence-corrected chi connectivity index (χ4v) is 8.08. The largest absolute Gasteiger partial charge is 0.294 e. The van der Waals surface area contributed by atoms with Crippen LogP contribution in [0.4, 0.5) is 0 Å². The maximum Gasteiger partial charge on any atom is 0.294 e. The molecule has 2 atom stereocenters. The Kier molecular flexibility index (Phi) is 8.66. The first-order valence-electron chi connectivity index (χ1n) is 14.2. The lowest BCUT2D eigenvalue weighted by atomic mass is 9.58. The molecule has 3 aliphatic carbocycles. The predicted molar refractivity (Wildman–Crippen MR) is 144 cm³/mol. The molecule has 200 valence electrons. The number of hydrogen-bond acceptors (Lipinski definition) is 2. The van der Waals surface area contributed by atoms with Gasteiger partial charge in [-0.3, -0.25) is 4.55 Å². The third-order valence-electron chi connectivity index (χ3n) is 10.1. The predicted octanol–water partition coefficient (Wildman–Crippen LogP) is 7.07. The van der Waals surface area contributed by atoms with Crippen molar-refractivity contribution < 1.29 is 17.5 Å². The Morgan fingerprint density at radius 2 is 1.44 bits per heavy atom. The van der Waals surface area contributed by atoms with E-state index in [0.29, 0.717) is 11.3 Å². The monoisotopic (exact) mass is 515 g/mol. The zero-order chi connectivity index (χ0) is 25.8. The Labute approximate surface area is 219 Å². The highest BCUT2D eigenvalue weighted by molar-refractivity contribution is 7.85. The van der Waals surface area contributed by atoms with Crippen molar-refractivity contribution in [1.29, 1.82) is 0 Å². The molecule has 5 nitrogen and oxygen atoms in total. The number of fused-ring (bicyclic) bond motifs is 9. The SMILES string of the molecule is CC(CC[n+]1ccn(C)c1)C12CCCCCCC(C(C)c3ccc(S(=O)(=O)O)cc3)(CCC1)CCC2. The highest BCUT2D eigenvalue weighted by atomic mass is 32.2. The molecule has 6 heteroatoms. The van der Waals surface area contributed by atoms with Crippen molar-refractivity contribution in [2.75, 3.05) is 0 Å². The molecular weight excluding hydrogens is 468 g/mol. The Morgan fingerprint density at radius 3 is 2.00 bits per heavy atom. The molecule has 1 aromatic carbocycles. The van der Waals surface area contributed by atoms with E-state index in [4.69, 9.17) is 0 Å². The third-order valence-corrected chi connectivity index (χ3v) is 11.0. The zero-order valence-corrected chi connectivity index (χ0v) is 23.5. The van der Waals surface area contributed by atoms with Gasteiger partial charge in [0.15, 0.2) is 0 Å². The summed E-state index contributed by atoms with van der Waals surface area (Å²) in [5.41, 5.74) is 1.95. The summed E-state index contributed by atoms with van der Waals surface area (Å²) < 4.78 is 36.9. The Balaban J connectivity index is 1.51. The Hall–Kier alpha value is -1.66. The van der Waals surface area contributed by atoms with Crippen molar-refractivity contribution in [3.8, 4) is 0 Å². The number of hydrogen-bond donors (Lipinski definition) is 1. The second-order valence-corrected chi connectivity index (χ2v) is 13.5. The summed E-state index contributed by atoms with van der Waals surface area (Å²) in [6, 6.07) is 7.01. The summed E-state index contributed by atoms with van der Waals surface area (Å²) in [5.74, 6) is 1.11. The third kappa shape index (κ3) is 6.24. The summed E-state index contributed by atoms with van der Waals surface area (Å²) in [4.78, 5) is -0.0107. The van der Waals surface area contributed by atoms with Crippen LogP contribution in [-0.4, -0.2) is 17.5 Å². The molecule has 0 aliphatic heterocycles.